The molecule has 1 aromatic heterocycles. The van der Waals surface area contributed by atoms with Crippen molar-refractivity contribution < 1.29 is 24.9 Å². The van der Waals surface area contributed by atoms with Gasteiger partial charge in [-0.15, -0.1) is 0 Å². The van der Waals surface area contributed by atoms with E-state index in [0.29, 0.717) is 36.9 Å². The molecule has 0 spiro atoms. The number of rotatable bonds is 10. The Hall–Kier alpha value is -4.07. The first-order chi connectivity index (χ1) is 19.9. The average molecular weight is 553 g/mol. The molecule has 7 nitrogen and oxygen atoms in total. The fraction of sp³-hybridized carbons (Fsp3) is 0.324. The summed E-state index contributed by atoms with van der Waals surface area (Å²) in [6, 6.07) is 21.5. The van der Waals surface area contributed by atoms with E-state index in [1.54, 1.807) is 42.6 Å². The highest BCUT2D eigenvalue weighted by atomic mass is 16.3. The van der Waals surface area contributed by atoms with Gasteiger partial charge in [0.05, 0.1) is 35.9 Å². The number of amides is 2. The van der Waals surface area contributed by atoms with E-state index in [1.807, 2.05) is 42.5 Å². The van der Waals surface area contributed by atoms with Gasteiger partial charge in [0.2, 0.25) is 11.8 Å². The third-order valence-corrected chi connectivity index (χ3v) is 8.22. The quantitative estimate of drug-likeness (QED) is 0.230. The molecule has 212 valence electrons. The number of phenolic OH excluding ortho intramolecular Hbond substituents is 1. The molecule has 0 saturated carbocycles. The molecule has 1 saturated heterocycles. The van der Waals surface area contributed by atoms with Crippen LogP contribution in [0, 0.1) is 17.8 Å². The molecule has 2 aromatic carbocycles. The zero-order chi connectivity index (χ0) is 28.9. The van der Waals surface area contributed by atoms with E-state index in [9.17, 15) is 24.9 Å². The minimum atomic E-state index is -0.893. The van der Waals surface area contributed by atoms with Gasteiger partial charge in [0.15, 0.2) is 0 Å². The van der Waals surface area contributed by atoms with Gasteiger partial charge in [-0.2, -0.15) is 0 Å². The third-order valence-electron chi connectivity index (χ3n) is 8.22. The fourth-order valence-electron chi connectivity index (χ4n) is 6.38. The topological polar surface area (TPSA) is 111 Å². The van der Waals surface area contributed by atoms with Crippen molar-refractivity contribution in [3.05, 3.63) is 101 Å². The number of hydrogen-bond donors (Lipinski definition) is 3. The van der Waals surface area contributed by atoms with Crippen LogP contribution in [-0.4, -0.2) is 44.8 Å². The lowest BCUT2D eigenvalue weighted by molar-refractivity contribution is -0.123. The molecule has 0 unspecified atom stereocenters. The first kappa shape index (κ1) is 28.5. The van der Waals surface area contributed by atoms with Crippen molar-refractivity contribution in [2.45, 2.75) is 45.1 Å². The predicted molar refractivity (Wildman–Crippen MR) is 158 cm³/mol. The SMILES string of the molecule is CCCC1=C([C@H](O)CC/C(=C/c2ccc(O)cc2)c2ccccn2)[C@H](CO)[C@@H]2C(=O)N(c3ccccc3)C(=O)[C@@H]2C1. The van der Waals surface area contributed by atoms with E-state index >= 15 is 0 Å². The van der Waals surface area contributed by atoms with Gasteiger partial charge in [-0.25, -0.2) is 0 Å². The molecule has 1 fully saturated rings. The number of para-hydroxylation sites is 1. The molecule has 5 rings (SSSR count). The maximum Gasteiger partial charge on any atom is 0.238 e. The standard InChI is InChI=1S/C34H36N2O5/c1-2-8-24-20-27-32(34(41)36(33(27)40)25-9-4-3-5-10-25)28(21-37)31(24)30(39)17-14-23(29-11-6-7-18-35-29)19-22-12-15-26(38)16-13-22/h3-7,9-13,15-16,18-19,27-28,30,32,37-39H,2,8,14,17,20-21H2,1H3/b23-19-/t27-,28+,30-,32-/m1/s1. The van der Waals surface area contributed by atoms with Crippen molar-refractivity contribution >= 4 is 29.2 Å². The van der Waals surface area contributed by atoms with Crippen molar-refractivity contribution in [1.82, 2.24) is 4.98 Å². The second kappa shape index (κ2) is 12.6. The van der Waals surface area contributed by atoms with Crippen molar-refractivity contribution in [2.24, 2.45) is 17.8 Å². The Morgan fingerprint density at radius 1 is 1.02 bits per heavy atom. The maximum atomic E-state index is 13.7. The molecule has 2 heterocycles. The summed E-state index contributed by atoms with van der Waals surface area (Å²) in [7, 11) is 0. The van der Waals surface area contributed by atoms with Gasteiger partial charge in [0.25, 0.3) is 0 Å². The lowest BCUT2D eigenvalue weighted by Crippen LogP contribution is -2.39. The Balaban J connectivity index is 1.44. The summed E-state index contributed by atoms with van der Waals surface area (Å²) in [5, 5.41) is 32.0. The van der Waals surface area contributed by atoms with E-state index in [0.717, 1.165) is 28.8 Å². The number of aliphatic hydroxyl groups is 2. The Bertz CT molecular complexity index is 1430. The summed E-state index contributed by atoms with van der Waals surface area (Å²) in [6.45, 7) is 1.73. The third kappa shape index (κ3) is 5.87. The molecule has 2 amide bonds. The molecule has 7 heteroatoms. The largest absolute Gasteiger partial charge is 0.508 e. The van der Waals surface area contributed by atoms with Gasteiger partial charge in [-0.1, -0.05) is 55.3 Å². The zero-order valence-electron chi connectivity index (χ0n) is 23.2. The van der Waals surface area contributed by atoms with Crippen LogP contribution in [-0.2, 0) is 9.59 Å². The van der Waals surface area contributed by atoms with Crippen molar-refractivity contribution in [3.8, 4) is 5.75 Å². The molecule has 0 radical (unpaired) electrons. The monoisotopic (exact) mass is 552 g/mol. The summed E-state index contributed by atoms with van der Waals surface area (Å²) >= 11 is 0. The number of carbonyl (C=O) groups excluding carboxylic acids is 2. The molecular formula is C34H36N2O5. The second-order valence-electron chi connectivity index (χ2n) is 10.8. The smallest absolute Gasteiger partial charge is 0.238 e. The second-order valence-corrected chi connectivity index (χ2v) is 10.8. The van der Waals surface area contributed by atoms with Crippen LogP contribution in [0.15, 0.2) is 90.1 Å². The lowest BCUT2D eigenvalue weighted by atomic mass is 9.67. The van der Waals surface area contributed by atoms with Gasteiger partial charge in [0.1, 0.15) is 5.75 Å². The Morgan fingerprint density at radius 2 is 1.76 bits per heavy atom. The van der Waals surface area contributed by atoms with E-state index in [-0.39, 0.29) is 24.2 Å². The minimum Gasteiger partial charge on any atom is -0.508 e. The molecule has 41 heavy (non-hydrogen) atoms. The molecule has 0 bridgehead atoms. The molecule has 3 N–H and O–H groups in total. The van der Waals surface area contributed by atoms with Crippen LogP contribution in [0.4, 0.5) is 5.69 Å². The molecular weight excluding hydrogens is 516 g/mol. The maximum absolute atomic E-state index is 13.7. The highest BCUT2D eigenvalue weighted by molar-refractivity contribution is 6.22. The minimum absolute atomic E-state index is 0.184. The number of hydrogen-bond acceptors (Lipinski definition) is 6. The Labute approximate surface area is 240 Å². The molecule has 2 aliphatic rings. The van der Waals surface area contributed by atoms with E-state index in [2.05, 4.69) is 11.9 Å². The molecule has 4 atom stereocenters. The van der Waals surface area contributed by atoms with Gasteiger partial charge < -0.3 is 15.3 Å². The highest BCUT2D eigenvalue weighted by Crippen LogP contribution is 2.48. The number of aromatic hydroxyl groups is 1. The van der Waals surface area contributed by atoms with Crippen LogP contribution < -0.4 is 4.90 Å². The predicted octanol–water partition coefficient (Wildman–Crippen LogP) is 5.38. The number of carbonyl (C=O) groups is 2. The molecule has 1 aliphatic carbocycles. The van der Waals surface area contributed by atoms with E-state index in [1.165, 1.54) is 4.90 Å². The normalized spacial score (nSPS) is 21.8. The molecule has 1 aliphatic heterocycles. The van der Waals surface area contributed by atoms with Gasteiger partial charge in [-0.05, 0) is 84.9 Å². The van der Waals surface area contributed by atoms with Crippen molar-refractivity contribution in [3.63, 3.8) is 0 Å². The number of pyridine rings is 1. The van der Waals surface area contributed by atoms with Crippen LogP contribution in [0.25, 0.3) is 11.6 Å². The number of fused-ring (bicyclic) bond motifs is 1. The number of aromatic nitrogens is 1. The van der Waals surface area contributed by atoms with Crippen LogP contribution in [0.5, 0.6) is 5.75 Å². The van der Waals surface area contributed by atoms with Gasteiger partial charge >= 0.3 is 0 Å². The summed E-state index contributed by atoms with van der Waals surface area (Å²) in [5.74, 6) is -2.25. The molecule has 3 aromatic rings. The number of aliphatic hydroxyl groups excluding tert-OH is 2. The number of benzene rings is 2. The first-order valence-corrected chi connectivity index (χ1v) is 14.3. The van der Waals surface area contributed by atoms with Crippen LogP contribution in [0.2, 0.25) is 0 Å². The van der Waals surface area contributed by atoms with Crippen LogP contribution in [0.3, 0.4) is 0 Å². The van der Waals surface area contributed by atoms with Crippen molar-refractivity contribution in [2.75, 3.05) is 11.5 Å². The fourth-order valence-corrected chi connectivity index (χ4v) is 6.38. The lowest BCUT2D eigenvalue weighted by Gasteiger charge is -2.36. The van der Waals surface area contributed by atoms with Gasteiger partial charge in [0, 0.05) is 12.1 Å². The number of nitrogens with zero attached hydrogens (tertiary/aromatic N) is 2. The van der Waals surface area contributed by atoms with Crippen LogP contribution in [0.1, 0.15) is 50.3 Å². The summed E-state index contributed by atoms with van der Waals surface area (Å²) in [6.07, 6.45) is 5.61. The zero-order valence-corrected chi connectivity index (χ0v) is 23.2. The Morgan fingerprint density at radius 3 is 2.41 bits per heavy atom. The van der Waals surface area contributed by atoms with Crippen molar-refractivity contribution in [1.29, 1.82) is 0 Å². The number of allylic oxidation sites excluding steroid dienone is 2. The van der Waals surface area contributed by atoms with E-state index in [4.69, 9.17) is 0 Å². The van der Waals surface area contributed by atoms with Gasteiger partial charge in [-0.3, -0.25) is 19.5 Å². The average Bonchev–Trinajstić information content (AvgIpc) is 3.25. The number of anilines is 1. The summed E-state index contributed by atoms with van der Waals surface area (Å²) < 4.78 is 0. The first-order valence-electron chi connectivity index (χ1n) is 14.3. The summed E-state index contributed by atoms with van der Waals surface area (Å²) in [5.41, 5.74) is 4.81. The number of phenols is 1. The number of imide groups is 1. The Kier molecular flexibility index (Phi) is 8.76. The van der Waals surface area contributed by atoms with E-state index < -0.39 is 23.9 Å². The van der Waals surface area contributed by atoms with Crippen LogP contribution >= 0.6 is 0 Å². The highest BCUT2D eigenvalue weighted by Gasteiger charge is 2.55. The summed E-state index contributed by atoms with van der Waals surface area (Å²) in [4.78, 5) is 33.0.